The SMILES string of the molecule is Cc1cccc(Cn2c(C(=O)O)cc3occc32)c1. The van der Waals surface area contributed by atoms with E-state index in [2.05, 4.69) is 6.07 Å². The van der Waals surface area contributed by atoms with Gasteiger partial charge in [0.05, 0.1) is 11.8 Å². The third-order valence-electron chi connectivity index (χ3n) is 3.17. The van der Waals surface area contributed by atoms with Crippen molar-refractivity contribution in [1.82, 2.24) is 4.57 Å². The molecule has 0 saturated carbocycles. The summed E-state index contributed by atoms with van der Waals surface area (Å²) in [5.74, 6) is -0.945. The van der Waals surface area contributed by atoms with Gasteiger partial charge in [-0.2, -0.15) is 0 Å². The number of carbonyl (C=O) groups is 1. The van der Waals surface area contributed by atoms with E-state index in [0.717, 1.165) is 16.6 Å². The number of furan rings is 1. The van der Waals surface area contributed by atoms with Crippen LogP contribution in [0.3, 0.4) is 0 Å². The summed E-state index contributed by atoms with van der Waals surface area (Å²) in [6, 6.07) is 11.4. The van der Waals surface area contributed by atoms with Crippen LogP contribution in [0.2, 0.25) is 0 Å². The first-order chi connectivity index (χ1) is 9.15. The van der Waals surface area contributed by atoms with Crippen molar-refractivity contribution in [1.29, 1.82) is 0 Å². The topological polar surface area (TPSA) is 55.4 Å². The molecular formula is C15H13NO3. The van der Waals surface area contributed by atoms with Crippen LogP contribution >= 0.6 is 0 Å². The Morgan fingerprint density at radius 1 is 1.32 bits per heavy atom. The van der Waals surface area contributed by atoms with Crippen LogP contribution in [0.1, 0.15) is 21.6 Å². The van der Waals surface area contributed by atoms with E-state index in [4.69, 9.17) is 4.42 Å². The average Bonchev–Trinajstić information content (AvgIpc) is 2.92. The molecule has 0 spiro atoms. The smallest absolute Gasteiger partial charge is 0.352 e. The molecule has 4 heteroatoms. The molecule has 0 unspecified atom stereocenters. The maximum Gasteiger partial charge on any atom is 0.352 e. The molecule has 1 N–H and O–H groups in total. The van der Waals surface area contributed by atoms with Gasteiger partial charge in [-0.15, -0.1) is 0 Å². The predicted octanol–water partition coefficient (Wildman–Crippen LogP) is 3.29. The minimum absolute atomic E-state index is 0.246. The molecule has 0 bridgehead atoms. The van der Waals surface area contributed by atoms with Crippen molar-refractivity contribution in [2.75, 3.05) is 0 Å². The summed E-state index contributed by atoms with van der Waals surface area (Å²) in [4.78, 5) is 11.3. The van der Waals surface area contributed by atoms with E-state index in [0.29, 0.717) is 12.1 Å². The fourth-order valence-corrected chi connectivity index (χ4v) is 2.32. The quantitative estimate of drug-likeness (QED) is 0.781. The number of aryl methyl sites for hydroxylation is 1. The Hall–Kier alpha value is -2.49. The normalized spacial score (nSPS) is 11.0. The Kier molecular flexibility index (Phi) is 2.63. The molecule has 3 aromatic rings. The lowest BCUT2D eigenvalue weighted by atomic mass is 10.1. The maximum absolute atomic E-state index is 11.3. The monoisotopic (exact) mass is 255 g/mol. The van der Waals surface area contributed by atoms with Gasteiger partial charge in [0, 0.05) is 18.7 Å². The van der Waals surface area contributed by atoms with E-state index < -0.39 is 5.97 Å². The van der Waals surface area contributed by atoms with Crippen LogP contribution in [-0.2, 0) is 6.54 Å². The van der Waals surface area contributed by atoms with Gasteiger partial charge >= 0.3 is 5.97 Å². The van der Waals surface area contributed by atoms with Crippen LogP contribution < -0.4 is 0 Å². The molecule has 0 saturated heterocycles. The second-order valence-electron chi connectivity index (χ2n) is 4.58. The number of aromatic carboxylic acids is 1. The number of hydrogen-bond donors (Lipinski definition) is 1. The van der Waals surface area contributed by atoms with Gasteiger partial charge in [0.2, 0.25) is 0 Å². The molecule has 0 amide bonds. The fourth-order valence-electron chi connectivity index (χ4n) is 2.32. The van der Waals surface area contributed by atoms with E-state index in [1.807, 2.05) is 25.1 Å². The number of carboxylic acids is 1. The van der Waals surface area contributed by atoms with Crippen LogP contribution in [0, 0.1) is 6.92 Å². The van der Waals surface area contributed by atoms with E-state index >= 15 is 0 Å². The molecule has 0 atom stereocenters. The van der Waals surface area contributed by atoms with Gasteiger partial charge in [-0.1, -0.05) is 29.8 Å². The van der Waals surface area contributed by atoms with Crippen molar-refractivity contribution < 1.29 is 14.3 Å². The summed E-state index contributed by atoms with van der Waals surface area (Å²) in [6.45, 7) is 2.54. The van der Waals surface area contributed by atoms with E-state index in [9.17, 15) is 9.90 Å². The number of hydrogen-bond acceptors (Lipinski definition) is 2. The second kappa shape index (κ2) is 4.31. The summed E-state index contributed by atoms with van der Waals surface area (Å²) in [5.41, 5.74) is 3.88. The Morgan fingerprint density at radius 3 is 2.89 bits per heavy atom. The molecular weight excluding hydrogens is 242 g/mol. The second-order valence-corrected chi connectivity index (χ2v) is 4.58. The Labute approximate surface area is 109 Å². The molecule has 0 fully saturated rings. The molecule has 0 aliphatic carbocycles. The number of nitrogens with zero attached hydrogens (tertiary/aromatic N) is 1. The molecule has 3 rings (SSSR count). The molecule has 19 heavy (non-hydrogen) atoms. The molecule has 4 nitrogen and oxygen atoms in total. The lowest BCUT2D eigenvalue weighted by Gasteiger charge is -2.08. The predicted molar refractivity (Wildman–Crippen MR) is 71.4 cm³/mol. The highest BCUT2D eigenvalue weighted by Gasteiger charge is 2.16. The molecule has 0 aliphatic rings. The summed E-state index contributed by atoms with van der Waals surface area (Å²) in [6.07, 6.45) is 1.57. The summed E-state index contributed by atoms with van der Waals surface area (Å²) < 4.78 is 7.03. The van der Waals surface area contributed by atoms with Gasteiger partial charge in [0.25, 0.3) is 0 Å². The van der Waals surface area contributed by atoms with Crippen molar-refractivity contribution in [2.24, 2.45) is 0 Å². The third kappa shape index (κ3) is 2.01. The van der Waals surface area contributed by atoms with Crippen LogP contribution in [0.5, 0.6) is 0 Å². The van der Waals surface area contributed by atoms with Crippen LogP contribution in [0.15, 0.2) is 47.1 Å². The lowest BCUT2D eigenvalue weighted by molar-refractivity contribution is 0.0686. The Bertz CT molecular complexity index is 752. The third-order valence-corrected chi connectivity index (χ3v) is 3.17. The van der Waals surface area contributed by atoms with Gasteiger partial charge in [0.1, 0.15) is 5.69 Å². The Balaban J connectivity index is 2.10. The first kappa shape index (κ1) is 11.6. The average molecular weight is 255 g/mol. The molecule has 0 radical (unpaired) electrons. The number of aromatic nitrogens is 1. The standard InChI is InChI=1S/C15H13NO3/c1-10-3-2-4-11(7-10)9-16-12-5-6-19-14(12)8-13(16)15(17)18/h2-8H,9H2,1H3,(H,17,18). The molecule has 2 heterocycles. The molecule has 96 valence electrons. The van der Waals surface area contributed by atoms with E-state index in [1.165, 1.54) is 0 Å². The summed E-state index contributed by atoms with van der Waals surface area (Å²) >= 11 is 0. The fraction of sp³-hybridized carbons (Fsp3) is 0.133. The van der Waals surface area contributed by atoms with Crippen LogP contribution in [-0.4, -0.2) is 15.6 Å². The summed E-state index contributed by atoms with van der Waals surface area (Å²) in [5, 5.41) is 9.26. The lowest BCUT2D eigenvalue weighted by Crippen LogP contribution is -2.09. The largest absolute Gasteiger partial charge is 0.477 e. The number of carboxylic acid groups (broad SMARTS) is 1. The van der Waals surface area contributed by atoms with Gasteiger partial charge < -0.3 is 14.1 Å². The molecule has 2 aromatic heterocycles. The zero-order chi connectivity index (χ0) is 13.4. The highest BCUT2D eigenvalue weighted by Crippen LogP contribution is 2.22. The van der Waals surface area contributed by atoms with Crippen molar-refractivity contribution in [3.63, 3.8) is 0 Å². The van der Waals surface area contributed by atoms with E-state index in [1.54, 1.807) is 23.0 Å². The van der Waals surface area contributed by atoms with Gasteiger partial charge in [-0.05, 0) is 12.5 Å². The first-order valence-corrected chi connectivity index (χ1v) is 6.01. The minimum Gasteiger partial charge on any atom is -0.477 e. The minimum atomic E-state index is -0.945. The maximum atomic E-state index is 11.3. The number of benzene rings is 1. The first-order valence-electron chi connectivity index (χ1n) is 6.01. The highest BCUT2D eigenvalue weighted by atomic mass is 16.4. The molecule has 0 aliphatic heterocycles. The zero-order valence-corrected chi connectivity index (χ0v) is 10.5. The highest BCUT2D eigenvalue weighted by molar-refractivity contribution is 5.92. The van der Waals surface area contributed by atoms with E-state index in [-0.39, 0.29) is 5.69 Å². The number of rotatable bonds is 3. The van der Waals surface area contributed by atoms with Crippen LogP contribution in [0.4, 0.5) is 0 Å². The van der Waals surface area contributed by atoms with Crippen molar-refractivity contribution in [3.8, 4) is 0 Å². The van der Waals surface area contributed by atoms with Crippen LogP contribution in [0.25, 0.3) is 11.1 Å². The van der Waals surface area contributed by atoms with Crippen molar-refractivity contribution >= 4 is 17.1 Å². The summed E-state index contributed by atoms with van der Waals surface area (Å²) in [7, 11) is 0. The number of fused-ring (bicyclic) bond motifs is 1. The Morgan fingerprint density at radius 2 is 2.16 bits per heavy atom. The van der Waals surface area contributed by atoms with Crippen molar-refractivity contribution in [2.45, 2.75) is 13.5 Å². The van der Waals surface area contributed by atoms with Gasteiger partial charge in [-0.25, -0.2) is 4.79 Å². The van der Waals surface area contributed by atoms with Gasteiger partial charge in [-0.3, -0.25) is 0 Å². The van der Waals surface area contributed by atoms with Gasteiger partial charge in [0.15, 0.2) is 5.58 Å². The zero-order valence-electron chi connectivity index (χ0n) is 10.5. The molecule has 1 aromatic carbocycles. The van der Waals surface area contributed by atoms with Crippen molar-refractivity contribution in [3.05, 3.63) is 59.5 Å².